The lowest BCUT2D eigenvalue weighted by atomic mass is 10.1. The van der Waals surface area contributed by atoms with Crippen LogP contribution in [0.3, 0.4) is 0 Å². The van der Waals surface area contributed by atoms with Crippen LogP contribution in [0, 0.1) is 12.3 Å². The lowest BCUT2D eigenvalue weighted by Gasteiger charge is -2.12. The third-order valence-corrected chi connectivity index (χ3v) is 3.17. The molecule has 0 spiro atoms. The van der Waals surface area contributed by atoms with Gasteiger partial charge in [0.2, 0.25) is 0 Å². The van der Waals surface area contributed by atoms with Gasteiger partial charge in [-0.25, -0.2) is 9.67 Å². The van der Waals surface area contributed by atoms with E-state index < -0.39 is 0 Å². The molecule has 0 aliphatic carbocycles. The Labute approximate surface area is 113 Å². The minimum atomic E-state index is 0.0243. The number of rotatable bonds is 4. The Hall–Kier alpha value is -2.17. The molecule has 0 radical (unpaired) electrons. The van der Waals surface area contributed by atoms with Crippen LogP contribution in [-0.2, 0) is 12.8 Å². The summed E-state index contributed by atoms with van der Waals surface area (Å²) in [6.07, 6.45) is 3.46. The lowest BCUT2D eigenvalue weighted by molar-refractivity contribution is 0.769. The molecule has 5 heteroatoms. The zero-order valence-corrected chi connectivity index (χ0v) is 11.6. The van der Waals surface area contributed by atoms with E-state index in [1.54, 1.807) is 6.20 Å². The normalized spacial score (nSPS) is 10.7. The molecule has 5 nitrogen and oxygen atoms in total. The number of nitrogen functional groups attached to an aromatic ring is 1. The standard InChI is InChI=1S/C14H19N5/c1-4-10-8-11(5-2)19(18-10)14-12(13(15)16)9(3)6-7-17-14/h6-8H,4-5H2,1-3H3,(H3,15,16). The molecule has 3 N–H and O–H groups in total. The van der Waals surface area contributed by atoms with Crippen LogP contribution in [0.5, 0.6) is 0 Å². The van der Waals surface area contributed by atoms with Crippen LogP contribution in [0.25, 0.3) is 5.82 Å². The fraction of sp³-hybridized carbons (Fsp3) is 0.357. The summed E-state index contributed by atoms with van der Waals surface area (Å²) >= 11 is 0. The summed E-state index contributed by atoms with van der Waals surface area (Å²) in [5.41, 5.74) is 9.38. The first-order chi connectivity index (χ1) is 9.08. The van der Waals surface area contributed by atoms with Crippen molar-refractivity contribution in [3.63, 3.8) is 0 Å². The summed E-state index contributed by atoms with van der Waals surface area (Å²) in [5.74, 6) is 0.667. The van der Waals surface area contributed by atoms with Crippen LogP contribution in [-0.4, -0.2) is 20.6 Å². The minimum absolute atomic E-state index is 0.0243. The number of nitrogens with two attached hydrogens (primary N) is 1. The maximum absolute atomic E-state index is 7.74. The smallest absolute Gasteiger partial charge is 0.164 e. The predicted octanol–water partition coefficient (Wildman–Crippen LogP) is 1.98. The Morgan fingerprint density at radius 1 is 1.37 bits per heavy atom. The highest BCUT2D eigenvalue weighted by Gasteiger charge is 2.15. The fourth-order valence-electron chi connectivity index (χ4n) is 2.12. The van der Waals surface area contributed by atoms with Gasteiger partial charge < -0.3 is 5.73 Å². The molecule has 0 saturated heterocycles. The van der Waals surface area contributed by atoms with E-state index >= 15 is 0 Å². The molecule has 0 aromatic carbocycles. The van der Waals surface area contributed by atoms with Crippen molar-refractivity contribution < 1.29 is 0 Å². The summed E-state index contributed by atoms with van der Waals surface area (Å²) in [7, 11) is 0. The van der Waals surface area contributed by atoms with Crippen molar-refractivity contribution in [3.05, 3.63) is 40.8 Å². The first-order valence-electron chi connectivity index (χ1n) is 6.46. The van der Waals surface area contributed by atoms with Gasteiger partial charge in [-0.15, -0.1) is 0 Å². The largest absolute Gasteiger partial charge is 0.384 e. The van der Waals surface area contributed by atoms with Crippen LogP contribution < -0.4 is 5.73 Å². The summed E-state index contributed by atoms with van der Waals surface area (Å²) < 4.78 is 1.81. The SMILES string of the molecule is CCc1cc(CC)n(-c2nccc(C)c2C(=N)N)n1. The van der Waals surface area contributed by atoms with Crippen molar-refractivity contribution in [2.75, 3.05) is 0 Å². The Morgan fingerprint density at radius 2 is 2.11 bits per heavy atom. The fourth-order valence-corrected chi connectivity index (χ4v) is 2.12. The molecule has 0 atom stereocenters. The second-order valence-electron chi connectivity index (χ2n) is 4.49. The first-order valence-corrected chi connectivity index (χ1v) is 6.46. The van der Waals surface area contributed by atoms with Crippen molar-refractivity contribution in [2.45, 2.75) is 33.6 Å². The van der Waals surface area contributed by atoms with Crippen molar-refractivity contribution in [2.24, 2.45) is 5.73 Å². The van der Waals surface area contributed by atoms with Gasteiger partial charge in [0.15, 0.2) is 5.82 Å². The van der Waals surface area contributed by atoms with E-state index in [4.69, 9.17) is 11.1 Å². The number of nitrogens with one attached hydrogen (secondary N) is 1. The van der Waals surface area contributed by atoms with E-state index in [9.17, 15) is 0 Å². The highest BCUT2D eigenvalue weighted by atomic mass is 15.3. The van der Waals surface area contributed by atoms with E-state index in [1.807, 2.05) is 17.7 Å². The maximum atomic E-state index is 7.74. The van der Waals surface area contributed by atoms with E-state index in [2.05, 4.69) is 30.0 Å². The lowest BCUT2D eigenvalue weighted by Crippen LogP contribution is -2.19. The topological polar surface area (TPSA) is 80.6 Å². The third-order valence-electron chi connectivity index (χ3n) is 3.17. The number of hydrogen-bond donors (Lipinski definition) is 2. The van der Waals surface area contributed by atoms with Crippen molar-refractivity contribution in [1.82, 2.24) is 14.8 Å². The molecule has 19 heavy (non-hydrogen) atoms. The molecule has 2 heterocycles. The molecule has 0 amide bonds. The van der Waals surface area contributed by atoms with Gasteiger partial charge in [-0.2, -0.15) is 5.10 Å². The highest BCUT2D eigenvalue weighted by Crippen LogP contribution is 2.18. The Morgan fingerprint density at radius 3 is 2.68 bits per heavy atom. The van der Waals surface area contributed by atoms with E-state index in [0.29, 0.717) is 11.4 Å². The molecule has 2 rings (SSSR count). The van der Waals surface area contributed by atoms with Crippen LogP contribution in [0.1, 0.15) is 36.4 Å². The van der Waals surface area contributed by atoms with Crippen molar-refractivity contribution in [3.8, 4) is 5.82 Å². The molecule has 0 bridgehead atoms. The second kappa shape index (κ2) is 5.22. The Kier molecular flexibility index (Phi) is 3.64. The van der Waals surface area contributed by atoms with Gasteiger partial charge in [0.05, 0.1) is 11.3 Å². The van der Waals surface area contributed by atoms with Crippen LogP contribution in [0.15, 0.2) is 18.3 Å². The number of nitrogens with zero attached hydrogens (tertiary/aromatic N) is 3. The monoisotopic (exact) mass is 257 g/mol. The van der Waals surface area contributed by atoms with E-state index in [-0.39, 0.29) is 5.84 Å². The van der Waals surface area contributed by atoms with Crippen LogP contribution in [0.2, 0.25) is 0 Å². The van der Waals surface area contributed by atoms with Crippen molar-refractivity contribution >= 4 is 5.84 Å². The van der Waals surface area contributed by atoms with Crippen LogP contribution >= 0.6 is 0 Å². The summed E-state index contributed by atoms with van der Waals surface area (Å²) in [5, 5.41) is 12.3. The van der Waals surface area contributed by atoms with Gasteiger partial charge in [0, 0.05) is 11.9 Å². The van der Waals surface area contributed by atoms with Gasteiger partial charge in [-0.1, -0.05) is 13.8 Å². The van der Waals surface area contributed by atoms with Crippen molar-refractivity contribution in [1.29, 1.82) is 5.41 Å². The van der Waals surface area contributed by atoms with Gasteiger partial charge >= 0.3 is 0 Å². The molecular weight excluding hydrogens is 238 g/mol. The number of pyridine rings is 1. The molecule has 0 aliphatic rings. The average molecular weight is 257 g/mol. The Bertz CT molecular complexity index is 612. The highest BCUT2D eigenvalue weighted by molar-refractivity contribution is 5.99. The summed E-state index contributed by atoms with van der Waals surface area (Å²) in [4.78, 5) is 4.37. The molecule has 0 unspecified atom stereocenters. The Balaban J connectivity index is 2.68. The minimum Gasteiger partial charge on any atom is -0.384 e. The van der Waals surface area contributed by atoms with Gasteiger partial charge in [0.1, 0.15) is 5.84 Å². The van der Waals surface area contributed by atoms with E-state index in [1.165, 1.54) is 0 Å². The number of aryl methyl sites for hydroxylation is 3. The van der Waals surface area contributed by atoms with E-state index in [0.717, 1.165) is 29.8 Å². The molecule has 100 valence electrons. The molecule has 0 fully saturated rings. The zero-order chi connectivity index (χ0) is 14.0. The summed E-state index contributed by atoms with van der Waals surface area (Å²) in [6.45, 7) is 6.08. The third kappa shape index (κ3) is 2.36. The van der Waals surface area contributed by atoms with Crippen LogP contribution in [0.4, 0.5) is 0 Å². The predicted molar refractivity (Wildman–Crippen MR) is 75.9 cm³/mol. The molecule has 2 aromatic heterocycles. The van der Waals surface area contributed by atoms with Gasteiger partial charge in [-0.3, -0.25) is 5.41 Å². The maximum Gasteiger partial charge on any atom is 0.164 e. The summed E-state index contributed by atoms with van der Waals surface area (Å²) in [6, 6.07) is 3.93. The molecule has 0 saturated carbocycles. The number of aromatic nitrogens is 3. The molecule has 0 aliphatic heterocycles. The molecular formula is C14H19N5. The average Bonchev–Trinajstić information content (AvgIpc) is 2.81. The van der Waals surface area contributed by atoms with Gasteiger partial charge in [0.25, 0.3) is 0 Å². The second-order valence-corrected chi connectivity index (χ2v) is 4.49. The molecule has 2 aromatic rings. The number of hydrogen-bond acceptors (Lipinski definition) is 3. The zero-order valence-electron chi connectivity index (χ0n) is 11.6. The number of amidine groups is 1. The quantitative estimate of drug-likeness (QED) is 0.649. The first kappa shape index (κ1) is 13.3. The van der Waals surface area contributed by atoms with Gasteiger partial charge in [-0.05, 0) is 37.5 Å².